The van der Waals surface area contributed by atoms with Crippen LogP contribution in [-0.2, 0) is 11.3 Å². The lowest BCUT2D eigenvalue weighted by Crippen LogP contribution is -2.27. The molecule has 2 heterocycles. The first kappa shape index (κ1) is 12.7. The molecule has 1 aromatic rings. The van der Waals surface area contributed by atoms with Crippen molar-refractivity contribution < 1.29 is 9.47 Å². The zero-order valence-electron chi connectivity index (χ0n) is 11.3. The van der Waals surface area contributed by atoms with Gasteiger partial charge in [0, 0.05) is 0 Å². The molecule has 5 nitrogen and oxygen atoms in total. The zero-order valence-corrected chi connectivity index (χ0v) is 11.3. The molecular formula is C14H20N2O3. The number of ether oxygens (including phenoxy) is 2. The van der Waals surface area contributed by atoms with Crippen molar-refractivity contribution in [1.82, 2.24) is 9.55 Å². The second kappa shape index (κ2) is 4.96. The van der Waals surface area contributed by atoms with Crippen LogP contribution in [0.3, 0.4) is 0 Å². The standard InChI is InChI=1S/C14H20N2O3/c1-18-12-7-15-10-16(13(12)17)8-11-6-14(9-19-11)4-2-3-5-14/h7,10-11H,2-6,8-9H2,1H3. The van der Waals surface area contributed by atoms with Crippen LogP contribution >= 0.6 is 0 Å². The highest BCUT2D eigenvalue weighted by Crippen LogP contribution is 2.46. The molecule has 1 atom stereocenters. The molecule has 104 valence electrons. The van der Waals surface area contributed by atoms with Gasteiger partial charge in [0.15, 0.2) is 0 Å². The number of methoxy groups -OCH3 is 1. The number of hydrogen-bond acceptors (Lipinski definition) is 4. The summed E-state index contributed by atoms with van der Waals surface area (Å²) < 4.78 is 12.5. The first-order valence-corrected chi connectivity index (χ1v) is 6.92. The monoisotopic (exact) mass is 264 g/mol. The van der Waals surface area contributed by atoms with Crippen molar-refractivity contribution in [2.45, 2.75) is 44.8 Å². The normalized spacial score (nSPS) is 25.0. The molecular weight excluding hydrogens is 244 g/mol. The summed E-state index contributed by atoms with van der Waals surface area (Å²) in [6, 6.07) is 0. The summed E-state index contributed by atoms with van der Waals surface area (Å²) in [5, 5.41) is 0. The molecule has 0 N–H and O–H groups in total. The Bertz CT molecular complexity index is 506. The van der Waals surface area contributed by atoms with Crippen LogP contribution in [-0.4, -0.2) is 29.4 Å². The van der Waals surface area contributed by atoms with Gasteiger partial charge in [-0.1, -0.05) is 12.8 Å². The third kappa shape index (κ3) is 2.39. The summed E-state index contributed by atoms with van der Waals surface area (Å²) >= 11 is 0. The van der Waals surface area contributed by atoms with Crippen LogP contribution in [0.4, 0.5) is 0 Å². The van der Waals surface area contributed by atoms with Gasteiger partial charge < -0.3 is 9.47 Å². The molecule has 2 aliphatic rings. The van der Waals surface area contributed by atoms with E-state index in [0.29, 0.717) is 12.0 Å². The Morgan fingerprint density at radius 1 is 1.53 bits per heavy atom. The van der Waals surface area contributed by atoms with Crippen molar-refractivity contribution in [1.29, 1.82) is 0 Å². The highest BCUT2D eigenvalue weighted by molar-refractivity contribution is 5.11. The predicted molar refractivity (Wildman–Crippen MR) is 70.3 cm³/mol. The molecule has 1 unspecified atom stereocenters. The van der Waals surface area contributed by atoms with E-state index in [0.717, 1.165) is 13.0 Å². The van der Waals surface area contributed by atoms with E-state index in [1.165, 1.54) is 39.0 Å². The lowest BCUT2D eigenvalue weighted by Gasteiger charge is -2.19. The predicted octanol–water partition coefficient (Wildman–Crippen LogP) is 1.60. The maximum absolute atomic E-state index is 12.0. The zero-order chi connectivity index (χ0) is 13.3. The summed E-state index contributed by atoms with van der Waals surface area (Å²) in [6.07, 6.45) is 9.39. The van der Waals surface area contributed by atoms with Gasteiger partial charge in [0.2, 0.25) is 5.75 Å². The second-order valence-electron chi connectivity index (χ2n) is 5.76. The molecule has 0 amide bonds. The Hall–Kier alpha value is -1.36. The molecule has 1 saturated heterocycles. The van der Waals surface area contributed by atoms with E-state index in [2.05, 4.69) is 4.98 Å². The summed E-state index contributed by atoms with van der Waals surface area (Å²) in [7, 11) is 1.49. The SMILES string of the molecule is COc1cncn(CC2CC3(CCCC3)CO2)c1=O. The van der Waals surface area contributed by atoms with Crippen molar-refractivity contribution in [2.24, 2.45) is 5.41 Å². The molecule has 5 heteroatoms. The molecule has 1 spiro atoms. The van der Waals surface area contributed by atoms with Gasteiger partial charge >= 0.3 is 0 Å². The average molecular weight is 264 g/mol. The van der Waals surface area contributed by atoms with Crippen molar-refractivity contribution >= 4 is 0 Å². The van der Waals surface area contributed by atoms with Crippen molar-refractivity contribution in [3.63, 3.8) is 0 Å². The summed E-state index contributed by atoms with van der Waals surface area (Å²) in [5.74, 6) is 0.288. The van der Waals surface area contributed by atoms with Crippen LogP contribution < -0.4 is 10.3 Å². The van der Waals surface area contributed by atoms with E-state index >= 15 is 0 Å². The molecule has 2 fully saturated rings. The summed E-state index contributed by atoms with van der Waals surface area (Å²) in [5.41, 5.74) is 0.258. The second-order valence-corrected chi connectivity index (χ2v) is 5.76. The third-order valence-electron chi connectivity index (χ3n) is 4.44. The van der Waals surface area contributed by atoms with Gasteiger partial charge in [0.1, 0.15) is 0 Å². The highest BCUT2D eigenvalue weighted by atomic mass is 16.5. The minimum atomic E-state index is -0.131. The van der Waals surface area contributed by atoms with Crippen LogP contribution in [0.25, 0.3) is 0 Å². The molecule has 0 radical (unpaired) electrons. The quantitative estimate of drug-likeness (QED) is 0.832. The Morgan fingerprint density at radius 2 is 2.32 bits per heavy atom. The lowest BCUT2D eigenvalue weighted by molar-refractivity contribution is 0.0834. The molecule has 3 rings (SSSR count). The maximum Gasteiger partial charge on any atom is 0.295 e. The van der Waals surface area contributed by atoms with Crippen LogP contribution in [0.1, 0.15) is 32.1 Å². The van der Waals surface area contributed by atoms with Crippen LogP contribution in [0.15, 0.2) is 17.3 Å². The van der Waals surface area contributed by atoms with Gasteiger partial charge in [-0.3, -0.25) is 9.36 Å². The van der Waals surface area contributed by atoms with Crippen LogP contribution in [0.5, 0.6) is 5.75 Å². The van der Waals surface area contributed by atoms with E-state index < -0.39 is 0 Å². The van der Waals surface area contributed by atoms with Crippen LogP contribution in [0, 0.1) is 5.41 Å². The Balaban J connectivity index is 1.71. The number of rotatable bonds is 3. The Morgan fingerprint density at radius 3 is 3.05 bits per heavy atom. The maximum atomic E-state index is 12.0. The molecule has 1 aliphatic heterocycles. The summed E-state index contributed by atoms with van der Waals surface area (Å²) in [4.78, 5) is 16.1. The first-order valence-electron chi connectivity index (χ1n) is 6.92. The van der Waals surface area contributed by atoms with Gasteiger partial charge in [-0.15, -0.1) is 0 Å². The van der Waals surface area contributed by atoms with Crippen molar-refractivity contribution in [3.05, 3.63) is 22.9 Å². The van der Waals surface area contributed by atoms with Crippen molar-refractivity contribution in [2.75, 3.05) is 13.7 Å². The van der Waals surface area contributed by atoms with E-state index in [4.69, 9.17) is 9.47 Å². The molecule has 1 saturated carbocycles. The fraction of sp³-hybridized carbons (Fsp3) is 0.714. The van der Waals surface area contributed by atoms with Crippen molar-refractivity contribution in [3.8, 4) is 5.75 Å². The molecule has 0 bridgehead atoms. The van der Waals surface area contributed by atoms with E-state index in [-0.39, 0.29) is 17.4 Å². The molecule has 0 aromatic carbocycles. The van der Waals surface area contributed by atoms with E-state index in [1.54, 1.807) is 10.9 Å². The largest absolute Gasteiger partial charge is 0.490 e. The average Bonchev–Trinajstić information content (AvgIpc) is 3.03. The van der Waals surface area contributed by atoms with E-state index in [9.17, 15) is 4.79 Å². The molecule has 1 aromatic heterocycles. The fourth-order valence-corrected chi connectivity index (χ4v) is 3.41. The summed E-state index contributed by atoms with van der Waals surface area (Å²) in [6.45, 7) is 1.43. The van der Waals surface area contributed by atoms with Crippen LogP contribution in [0.2, 0.25) is 0 Å². The van der Waals surface area contributed by atoms with Gasteiger partial charge in [-0.25, -0.2) is 4.98 Å². The smallest absolute Gasteiger partial charge is 0.295 e. The van der Waals surface area contributed by atoms with Gasteiger partial charge in [-0.05, 0) is 24.7 Å². The fourth-order valence-electron chi connectivity index (χ4n) is 3.41. The van der Waals surface area contributed by atoms with Gasteiger partial charge in [-0.2, -0.15) is 0 Å². The van der Waals surface area contributed by atoms with E-state index in [1.807, 2.05) is 0 Å². The molecule has 19 heavy (non-hydrogen) atoms. The highest BCUT2D eigenvalue weighted by Gasteiger charge is 2.42. The molecule has 1 aliphatic carbocycles. The number of nitrogens with zero attached hydrogens (tertiary/aromatic N) is 2. The first-order chi connectivity index (χ1) is 9.22. The number of aromatic nitrogens is 2. The lowest BCUT2D eigenvalue weighted by atomic mass is 9.84. The Kier molecular flexibility index (Phi) is 3.31. The van der Waals surface area contributed by atoms with Gasteiger partial charge in [0.25, 0.3) is 5.56 Å². The minimum Gasteiger partial charge on any atom is -0.490 e. The third-order valence-corrected chi connectivity index (χ3v) is 4.44. The topological polar surface area (TPSA) is 53.4 Å². The number of hydrogen-bond donors (Lipinski definition) is 0. The van der Waals surface area contributed by atoms with Gasteiger partial charge in [0.05, 0.1) is 38.9 Å². The minimum absolute atomic E-state index is 0.129. The Labute approximate surface area is 112 Å².